The highest BCUT2D eigenvalue weighted by Crippen LogP contribution is 2.19. The predicted molar refractivity (Wildman–Crippen MR) is 124 cm³/mol. The maximum Gasteiger partial charge on any atom is 0.243 e. The van der Waals surface area contributed by atoms with E-state index in [0.29, 0.717) is 18.7 Å². The van der Waals surface area contributed by atoms with Crippen LogP contribution in [-0.2, 0) is 21.9 Å². The summed E-state index contributed by atoms with van der Waals surface area (Å²) in [7, 11) is 1.62. The Morgan fingerprint density at radius 1 is 1.03 bits per heavy atom. The molecule has 0 saturated heterocycles. The number of ether oxygens (including phenoxy) is 1. The number of benzene rings is 2. The first kappa shape index (κ1) is 23.8. The van der Waals surface area contributed by atoms with Crippen LogP contribution in [0.4, 0.5) is 0 Å². The number of rotatable bonds is 11. The molecule has 1 atom stereocenters. The fourth-order valence-electron chi connectivity index (χ4n) is 3.14. The van der Waals surface area contributed by atoms with Crippen molar-refractivity contribution in [3.63, 3.8) is 0 Å². The van der Waals surface area contributed by atoms with Gasteiger partial charge in [0, 0.05) is 18.3 Å². The van der Waals surface area contributed by atoms with E-state index < -0.39 is 6.04 Å². The molecule has 0 unspecified atom stereocenters. The summed E-state index contributed by atoms with van der Waals surface area (Å²) >= 11 is 1.57. The van der Waals surface area contributed by atoms with Crippen molar-refractivity contribution >= 4 is 23.6 Å². The van der Waals surface area contributed by atoms with Crippen molar-refractivity contribution in [2.24, 2.45) is 0 Å². The molecule has 0 spiro atoms. The van der Waals surface area contributed by atoms with Crippen LogP contribution in [0.5, 0.6) is 5.75 Å². The van der Waals surface area contributed by atoms with Crippen molar-refractivity contribution in [2.45, 2.75) is 51.6 Å². The SMILES string of the molecule is CC[C@@H](C(=O)NC(C)C)N(Cc1ccc(OC)cc1)C(=O)CSCc1ccccc1. The Morgan fingerprint density at radius 2 is 1.70 bits per heavy atom. The second-order valence-corrected chi connectivity index (χ2v) is 8.42. The van der Waals surface area contributed by atoms with Crippen molar-refractivity contribution in [2.75, 3.05) is 12.9 Å². The van der Waals surface area contributed by atoms with Gasteiger partial charge in [-0.15, -0.1) is 11.8 Å². The Morgan fingerprint density at radius 3 is 2.27 bits per heavy atom. The van der Waals surface area contributed by atoms with E-state index in [0.717, 1.165) is 17.1 Å². The monoisotopic (exact) mass is 428 g/mol. The molecule has 0 radical (unpaired) electrons. The van der Waals surface area contributed by atoms with Gasteiger partial charge in [0.05, 0.1) is 12.9 Å². The molecule has 2 aromatic rings. The number of hydrogen-bond acceptors (Lipinski definition) is 4. The topological polar surface area (TPSA) is 58.6 Å². The van der Waals surface area contributed by atoms with Gasteiger partial charge in [-0.3, -0.25) is 9.59 Å². The lowest BCUT2D eigenvalue weighted by atomic mass is 10.1. The molecule has 0 heterocycles. The molecule has 0 fully saturated rings. The van der Waals surface area contributed by atoms with E-state index >= 15 is 0 Å². The molecule has 0 bridgehead atoms. The molecule has 30 heavy (non-hydrogen) atoms. The number of amides is 2. The van der Waals surface area contributed by atoms with Gasteiger partial charge in [-0.25, -0.2) is 0 Å². The molecule has 162 valence electrons. The number of hydrogen-bond donors (Lipinski definition) is 1. The fraction of sp³-hybridized carbons (Fsp3) is 0.417. The lowest BCUT2D eigenvalue weighted by Crippen LogP contribution is -2.50. The summed E-state index contributed by atoms with van der Waals surface area (Å²) in [6.45, 7) is 6.18. The molecule has 2 amide bonds. The maximum atomic E-state index is 13.2. The molecule has 0 saturated carbocycles. The van der Waals surface area contributed by atoms with E-state index in [1.165, 1.54) is 5.56 Å². The summed E-state index contributed by atoms with van der Waals surface area (Å²) in [5, 5.41) is 2.96. The number of nitrogens with one attached hydrogen (secondary N) is 1. The van der Waals surface area contributed by atoms with Crippen molar-refractivity contribution in [1.82, 2.24) is 10.2 Å². The first-order chi connectivity index (χ1) is 14.4. The number of carbonyl (C=O) groups excluding carboxylic acids is 2. The molecule has 2 rings (SSSR count). The number of thioether (sulfide) groups is 1. The average Bonchev–Trinajstić information content (AvgIpc) is 2.74. The second-order valence-electron chi connectivity index (χ2n) is 7.44. The standard InChI is InChI=1S/C24H32N2O3S/c1-5-22(24(28)25-18(2)3)26(15-19-11-13-21(29-4)14-12-19)23(27)17-30-16-20-9-7-6-8-10-20/h6-14,18,22H,5,15-17H2,1-4H3,(H,25,28)/t22-/m0/s1. The molecule has 6 heteroatoms. The van der Waals surface area contributed by atoms with Crippen LogP contribution in [0.1, 0.15) is 38.3 Å². The van der Waals surface area contributed by atoms with Gasteiger partial charge in [-0.2, -0.15) is 0 Å². The molecular weight excluding hydrogens is 396 g/mol. The minimum Gasteiger partial charge on any atom is -0.497 e. The van der Waals surface area contributed by atoms with E-state index in [1.54, 1.807) is 23.8 Å². The third-order valence-electron chi connectivity index (χ3n) is 4.67. The summed E-state index contributed by atoms with van der Waals surface area (Å²) < 4.78 is 5.22. The zero-order chi connectivity index (χ0) is 21.9. The Balaban J connectivity index is 2.12. The lowest BCUT2D eigenvalue weighted by Gasteiger charge is -2.31. The highest BCUT2D eigenvalue weighted by molar-refractivity contribution is 7.99. The normalized spacial score (nSPS) is 11.8. The molecule has 5 nitrogen and oxygen atoms in total. The number of carbonyl (C=O) groups is 2. The fourth-order valence-corrected chi connectivity index (χ4v) is 4.01. The van der Waals surface area contributed by atoms with Crippen LogP contribution in [0.15, 0.2) is 54.6 Å². The summed E-state index contributed by atoms with van der Waals surface area (Å²) in [6.07, 6.45) is 0.559. The Kier molecular flexibility index (Phi) is 9.74. The number of nitrogens with zero attached hydrogens (tertiary/aromatic N) is 1. The third-order valence-corrected chi connectivity index (χ3v) is 5.65. The van der Waals surface area contributed by atoms with Crippen LogP contribution in [0, 0.1) is 0 Å². The molecule has 0 aliphatic heterocycles. The quantitative estimate of drug-likeness (QED) is 0.581. The van der Waals surface area contributed by atoms with Crippen LogP contribution < -0.4 is 10.1 Å². The van der Waals surface area contributed by atoms with E-state index in [4.69, 9.17) is 4.74 Å². The van der Waals surface area contributed by atoms with E-state index in [9.17, 15) is 9.59 Å². The van der Waals surface area contributed by atoms with E-state index in [-0.39, 0.29) is 17.9 Å². The molecule has 0 aliphatic carbocycles. The van der Waals surface area contributed by atoms with Crippen molar-refractivity contribution < 1.29 is 14.3 Å². The Hall–Kier alpha value is -2.47. The molecule has 0 aromatic heterocycles. The minimum absolute atomic E-state index is 0.0249. The zero-order valence-electron chi connectivity index (χ0n) is 18.3. The summed E-state index contributed by atoms with van der Waals surface area (Å²) in [5.41, 5.74) is 2.15. The highest BCUT2D eigenvalue weighted by Gasteiger charge is 2.28. The van der Waals surface area contributed by atoms with Gasteiger partial charge in [0.1, 0.15) is 11.8 Å². The van der Waals surface area contributed by atoms with Gasteiger partial charge in [0.15, 0.2) is 0 Å². The van der Waals surface area contributed by atoms with Gasteiger partial charge in [0.2, 0.25) is 11.8 Å². The Bertz CT molecular complexity index is 794. The summed E-state index contributed by atoms with van der Waals surface area (Å²) in [4.78, 5) is 27.6. The predicted octanol–water partition coefficient (Wildman–Crippen LogP) is 4.26. The molecule has 1 N–H and O–H groups in total. The summed E-state index contributed by atoms with van der Waals surface area (Å²) in [5.74, 6) is 1.72. The molecule has 2 aromatic carbocycles. The number of methoxy groups -OCH3 is 1. The van der Waals surface area contributed by atoms with E-state index in [1.807, 2.05) is 63.2 Å². The van der Waals surface area contributed by atoms with Gasteiger partial charge >= 0.3 is 0 Å². The van der Waals surface area contributed by atoms with Crippen molar-refractivity contribution in [1.29, 1.82) is 0 Å². The van der Waals surface area contributed by atoms with Crippen LogP contribution >= 0.6 is 11.8 Å². The van der Waals surface area contributed by atoms with Gasteiger partial charge < -0.3 is 15.0 Å². The van der Waals surface area contributed by atoms with Gasteiger partial charge in [-0.05, 0) is 43.5 Å². The molecular formula is C24H32N2O3S. The van der Waals surface area contributed by atoms with Crippen LogP contribution in [0.25, 0.3) is 0 Å². The lowest BCUT2D eigenvalue weighted by molar-refractivity contribution is -0.139. The summed E-state index contributed by atoms with van der Waals surface area (Å²) in [6, 6.07) is 17.2. The van der Waals surface area contributed by atoms with Gasteiger partial charge in [0.25, 0.3) is 0 Å². The zero-order valence-corrected chi connectivity index (χ0v) is 19.1. The smallest absolute Gasteiger partial charge is 0.243 e. The average molecular weight is 429 g/mol. The van der Waals surface area contributed by atoms with Crippen LogP contribution in [0.3, 0.4) is 0 Å². The molecule has 0 aliphatic rings. The maximum absolute atomic E-state index is 13.2. The van der Waals surface area contributed by atoms with Crippen LogP contribution in [0.2, 0.25) is 0 Å². The largest absolute Gasteiger partial charge is 0.497 e. The third kappa shape index (κ3) is 7.41. The van der Waals surface area contributed by atoms with Crippen molar-refractivity contribution in [3.05, 3.63) is 65.7 Å². The first-order valence-electron chi connectivity index (χ1n) is 10.3. The van der Waals surface area contributed by atoms with Crippen LogP contribution in [-0.4, -0.2) is 41.7 Å². The second kappa shape index (κ2) is 12.3. The van der Waals surface area contributed by atoms with Crippen molar-refractivity contribution in [3.8, 4) is 5.75 Å². The van der Waals surface area contributed by atoms with E-state index in [2.05, 4.69) is 17.4 Å². The minimum atomic E-state index is -0.501. The highest BCUT2D eigenvalue weighted by atomic mass is 32.2. The van der Waals surface area contributed by atoms with Gasteiger partial charge in [-0.1, -0.05) is 49.4 Å². The first-order valence-corrected chi connectivity index (χ1v) is 11.4. The Labute approximate surface area is 184 Å².